The second kappa shape index (κ2) is 9.70. The van der Waals surface area contributed by atoms with Gasteiger partial charge in [0.2, 0.25) is 11.8 Å². The van der Waals surface area contributed by atoms with Crippen LogP contribution in [0.15, 0.2) is 95.8 Å². The molecular formula is C31H24N4O5. The summed E-state index contributed by atoms with van der Waals surface area (Å²) in [5.41, 5.74) is 3.52. The van der Waals surface area contributed by atoms with E-state index in [1.165, 1.54) is 0 Å². The van der Waals surface area contributed by atoms with Gasteiger partial charge in [0.25, 0.3) is 5.56 Å². The van der Waals surface area contributed by atoms with Gasteiger partial charge in [-0.25, -0.2) is 4.79 Å². The number of aryl methyl sites for hydroxylation is 1. The average molecular weight is 533 g/mol. The number of para-hydroxylation sites is 2. The summed E-state index contributed by atoms with van der Waals surface area (Å²) in [5, 5.41) is 4.60. The lowest BCUT2D eigenvalue weighted by atomic mass is 9.91. The number of fused-ring (bicyclic) bond motifs is 1. The topological polar surface area (TPSA) is 111 Å². The summed E-state index contributed by atoms with van der Waals surface area (Å²) in [5.74, 6) is -2.45. The maximum absolute atomic E-state index is 14.4. The fourth-order valence-electron chi connectivity index (χ4n) is 5.34. The molecule has 1 saturated heterocycles. The Morgan fingerprint density at radius 2 is 1.27 bits per heavy atom. The molecule has 0 atom stereocenters. The van der Waals surface area contributed by atoms with Crippen molar-refractivity contribution in [1.29, 1.82) is 0 Å². The Hall–Kier alpha value is -5.44. The molecule has 1 aliphatic heterocycles. The minimum absolute atomic E-state index is 0.203. The highest BCUT2D eigenvalue weighted by Gasteiger charge is 2.41. The highest BCUT2D eigenvalue weighted by atomic mass is 16.5. The minimum Gasteiger partial charge on any atom is -0.497 e. The molecule has 0 bridgehead atoms. The smallest absolute Gasteiger partial charge is 0.328 e. The third-order valence-electron chi connectivity index (χ3n) is 7.04. The van der Waals surface area contributed by atoms with E-state index in [1.54, 1.807) is 23.8 Å². The van der Waals surface area contributed by atoms with E-state index in [0.717, 1.165) is 5.69 Å². The van der Waals surface area contributed by atoms with Gasteiger partial charge in [0.15, 0.2) is 0 Å². The quantitative estimate of drug-likeness (QED) is 0.330. The molecule has 4 amide bonds. The van der Waals surface area contributed by atoms with Crippen LogP contribution in [0.4, 0.5) is 4.79 Å². The number of urea groups is 1. The number of ether oxygens (including phenoxy) is 1. The van der Waals surface area contributed by atoms with Crippen LogP contribution in [0.25, 0.3) is 33.5 Å². The zero-order chi connectivity index (χ0) is 28.0. The summed E-state index contributed by atoms with van der Waals surface area (Å²) in [4.78, 5) is 53.0. The lowest BCUT2D eigenvalue weighted by Crippen LogP contribution is -2.54. The van der Waals surface area contributed by atoms with Gasteiger partial charge in [-0.3, -0.25) is 29.6 Å². The number of imide groups is 2. The van der Waals surface area contributed by atoms with Crippen LogP contribution in [0.3, 0.4) is 0 Å². The molecule has 3 heterocycles. The number of carbonyl (C=O) groups is 3. The number of nitrogens with one attached hydrogen (secondary N) is 2. The van der Waals surface area contributed by atoms with Gasteiger partial charge in [-0.1, -0.05) is 36.4 Å². The van der Waals surface area contributed by atoms with Gasteiger partial charge in [-0.2, -0.15) is 0 Å². The second-order valence-corrected chi connectivity index (χ2v) is 9.42. The first-order valence-corrected chi connectivity index (χ1v) is 12.6. The van der Waals surface area contributed by atoms with E-state index in [4.69, 9.17) is 4.74 Å². The monoisotopic (exact) mass is 532 g/mol. The van der Waals surface area contributed by atoms with Crippen molar-refractivity contribution in [3.05, 3.63) is 113 Å². The summed E-state index contributed by atoms with van der Waals surface area (Å²) >= 11 is 0. The summed E-state index contributed by atoms with van der Waals surface area (Å²) in [6.07, 6.45) is 0. The molecule has 198 valence electrons. The molecule has 3 aromatic carbocycles. The molecule has 1 fully saturated rings. The molecule has 0 radical (unpaired) electrons. The van der Waals surface area contributed by atoms with Crippen molar-refractivity contribution in [3.63, 3.8) is 0 Å². The largest absolute Gasteiger partial charge is 0.497 e. The number of hydrogen-bond acceptors (Lipinski definition) is 5. The van der Waals surface area contributed by atoms with Crippen LogP contribution in [0.2, 0.25) is 0 Å². The summed E-state index contributed by atoms with van der Waals surface area (Å²) in [6, 6.07) is 26.7. The van der Waals surface area contributed by atoms with Crippen molar-refractivity contribution in [2.24, 2.45) is 0 Å². The van der Waals surface area contributed by atoms with Crippen LogP contribution in [0.1, 0.15) is 17.2 Å². The van der Waals surface area contributed by atoms with Gasteiger partial charge in [0, 0.05) is 22.6 Å². The Kier molecular flexibility index (Phi) is 6.03. The van der Waals surface area contributed by atoms with Gasteiger partial charge < -0.3 is 9.30 Å². The molecule has 1 aliphatic rings. The molecule has 5 aromatic rings. The number of benzene rings is 3. The SMILES string of the molecule is COc1ccc(-c2c(C3C(=O)NC(=O)NC3=O)c3c(=O)n(-c4ccccc4)c(C)cc3n2-c2ccccc2)cc1. The first kappa shape index (κ1) is 24.9. The predicted molar refractivity (Wildman–Crippen MR) is 150 cm³/mol. The van der Waals surface area contributed by atoms with Crippen molar-refractivity contribution >= 4 is 28.7 Å². The van der Waals surface area contributed by atoms with Gasteiger partial charge in [-0.15, -0.1) is 0 Å². The van der Waals surface area contributed by atoms with E-state index >= 15 is 0 Å². The van der Waals surface area contributed by atoms with Gasteiger partial charge in [0.1, 0.15) is 11.7 Å². The average Bonchev–Trinajstić information content (AvgIpc) is 3.28. The van der Waals surface area contributed by atoms with Gasteiger partial charge in [0.05, 0.1) is 23.7 Å². The van der Waals surface area contributed by atoms with Gasteiger partial charge in [-0.05, 0) is 67.1 Å². The Morgan fingerprint density at radius 1 is 0.725 bits per heavy atom. The molecule has 6 rings (SSSR count). The number of rotatable bonds is 5. The standard InChI is InChI=1S/C31H24N4O5/c1-18-17-23-24(30(38)34(18)20-9-5-3-6-10-20)25(26-28(36)32-31(39)33-29(26)37)27(19-13-15-22(40-2)16-14-19)35(23)21-11-7-4-8-12-21/h3-17,26H,1-2H3,(H2,32,33,36,37,39). The molecule has 0 aliphatic carbocycles. The summed E-state index contributed by atoms with van der Waals surface area (Å²) in [7, 11) is 1.56. The molecule has 0 unspecified atom stereocenters. The number of carbonyl (C=O) groups excluding carboxylic acids is 3. The number of pyridine rings is 1. The van der Waals surface area contributed by atoms with E-state index in [-0.39, 0.29) is 10.9 Å². The molecule has 9 nitrogen and oxygen atoms in total. The molecule has 9 heteroatoms. The van der Waals surface area contributed by atoms with E-state index in [9.17, 15) is 19.2 Å². The van der Waals surface area contributed by atoms with Crippen molar-refractivity contribution in [2.45, 2.75) is 12.8 Å². The van der Waals surface area contributed by atoms with Crippen LogP contribution in [-0.2, 0) is 9.59 Å². The molecule has 2 N–H and O–H groups in total. The Morgan fingerprint density at radius 3 is 1.82 bits per heavy atom. The van der Waals surface area contributed by atoms with Gasteiger partial charge >= 0.3 is 6.03 Å². The maximum atomic E-state index is 14.4. The molecule has 0 saturated carbocycles. The molecule has 0 spiro atoms. The third-order valence-corrected chi connectivity index (χ3v) is 7.04. The number of barbiturate groups is 1. The predicted octanol–water partition coefficient (Wildman–Crippen LogP) is 4.22. The second-order valence-electron chi connectivity index (χ2n) is 9.42. The fraction of sp³-hybridized carbons (Fsp3) is 0.0968. The number of hydrogen-bond donors (Lipinski definition) is 2. The van der Waals surface area contributed by atoms with E-state index in [0.29, 0.717) is 33.9 Å². The van der Waals surface area contributed by atoms with Crippen molar-refractivity contribution < 1.29 is 19.1 Å². The fourth-order valence-corrected chi connectivity index (χ4v) is 5.34. The molecule has 40 heavy (non-hydrogen) atoms. The van der Waals surface area contributed by atoms with E-state index < -0.39 is 29.3 Å². The Bertz CT molecular complexity index is 1840. The zero-order valence-corrected chi connectivity index (χ0v) is 21.7. The van der Waals surface area contributed by atoms with Crippen LogP contribution >= 0.6 is 0 Å². The van der Waals surface area contributed by atoms with E-state index in [1.807, 2.05) is 90.4 Å². The van der Waals surface area contributed by atoms with Crippen molar-refractivity contribution in [1.82, 2.24) is 19.8 Å². The first-order valence-electron chi connectivity index (χ1n) is 12.6. The first-order chi connectivity index (χ1) is 19.4. The molecule has 2 aromatic heterocycles. The zero-order valence-electron chi connectivity index (χ0n) is 21.7. The van der Waals surface area contributed by atoms with Crippen LogP contribution in [-0.4, -0.2) is 34.1 Å². The van der Waals surface area contributed by atoms with Crippen molar-refractivity contribution in [2.75, 3.05) is 7.11 Å². The lowest BCUT2D eigenvalue weighted by Gasteiger charge is -2.22. The lowest BCUT2D eigenvalue weighted by molar-refractivity contribution is -0.132. The maximum Gasteiger partial charge on any atom is 0.328 e. The van der Waals surface area contributed by atoms with Crippen LogP contribution in [0, 0.1) is 6.92 Å². The Labute approximate surface area is 228 Å². The van der Waals surface area contributed by atoms with E-state index in [2.05, 4.69) is 10.6 Å². The van der Waals surface area contributed by atoms with Crippen molar-refractivity contribution in [3.8, 4) is 28.4 Å². The minimum atomic E-state index is -1.46. The number of aromatic nitrogens is 2. The number of amides is 4. The third kappa shape index (κ3) is 3.95. The number of nitrogens with zero attached hydrogens (tertiary/aromatic N) is 2. The highest BCUT2D eigenvalue weighted by Crippen LogP contribution is 2.41. The summed E-state index contributed by atoms with van der Waals surface area (Å²) in [6.45, 7) is 1.83. The van der Waals surface area contributed by atoms with Crippen LogP contribution < -0.4 is 20.9 Å². The summed E-state index contributed by atoms with van der Waals surface area (Å²) < 4.78 is 8.79. The van der Waals surface area contributed by atoms with Crippen LogP contribution in [0.5, 0.6) is 5.75 Å². The Balaban J connectivity index is 1.81. The molecular weight excluding hydrogens is 508 g/mol. The highest BCUT2D eigenvalue weighted by molar-refractivity contribution is 6.21. The normalized spacial score (nSPS) is 13.8. The number of methoxy groups -OCH3 is 1.